The number of hydrogen-bond acceptors (Lipinski definition) is 2. The van der Waals surface area contributed by atoms with Crippen LogP contribution in [0.2, 0.25) is 0 Å². The molecule has 0 saturated heterocycles. The van der Waals surface area contributed by atoms with E-state index in [1.807, 2.05) is 6.92 Å². The minimum atomic E-state index is -0.233. The third-order valence-corrected chi connectivity index (χ3v) is 2.41. The van der Waals surface area contributed by atoms with E-state index in [4.69, 9.17) is 10.5 Å². The number of ether oxygens (including phenoxy) is 1. The number of benzene rings is 1. The van der Waals surface area contributed by atoms with E-state index in [0.29, 0.717) is 6.61 Å². The molecule has 1 aromatic rings. The summed E-state index contributed by atoms with van der Waals surface area (Å²) in [6, 6.07) is 4.49. The number of hydrogen-bond donors (Lipinski definition) is 1. The number of nitrogens with two attached hydrogens (primary N) is 1. The molecule has 0 bridgehead atoms. The van der Waals surface area contributed by atoms with Crippen molar-refractivity contribution in [2.24, 2.45) is 5.73 Å². The fraction of sp³-hybridized carbons (Fsp3) is 0.400. The Morgan fingerprint density at radius 1 is 1.46 bits per heavy atom. The quantitative estimate of drug-likeness (QED) is 0.663. The Hall–Kier alpha value is -0.930. The van der Waals surface area contributed by atoms with Gasteiger partial charge in [-0.05, 0) is 30.2 Å². The molecule has 0 aliphatic carbocycles. The largest absolute Gasteiger partial charge is 0.372 e. The van der Waals surface area contributed by atoms with Gasteiger partial charge < -0.3 is 10.5 Å². The van der Waals surface area contributed by atoms with Gasteiger partial charge in [-0.2, -0.15) is 0 Å². The molecule has 0 saturated carbocycles. The molecule has 0 aromatic heterocycles. The van der Waals surface area contributed by atoms with Gasteiger partial charge in [0.2, 0.25) is 0 Å². The molecule has 2 N–H and O–H groups in total. The molecule has 3 heteroatoms. The first-order valence-electron chi connectivity index (χ1n) is 4.35. The monoisotopic (exact) mass is 181 g/mol. The van der Waals surface area contributed by atoms with Crippen molar-refractivity contribution < 1.29 is 9.13 Å². The van der Waals surface area contributed by atoms with Crippen LogP contribution in [0.25, 0.3) is 0 Å². The predicted octanol–water partition coefficient (Wildman–Crippen LogP) is 1.92. The zero-order chi connectivity index (χ0) is 9.42. The summed E-state index contributed by atoms with van der Waals surface area (Å²) in [6.07, 6.45) is 0.0235. The van der Waals surface area contributed by atoms with Crippen molar-refractivity contribution in [2.75, 3.05) is 6.61 Å². The molecule has 70 valence electrons. The van der Waals surface area contributed by atoms with Crippen molar-refractivity contribution in [3.63, 3.8) is 0 Å². The Labute approximate surface area is 76.5 Å². The van der Waals surface area contributed by atoms with Crippen LogP contribution < -0.4 is 5.73 Å². The van der Waals surface area contributed by atoms with Crippen LogP contribution in [0.15, 0.2) is 18.2 Å². The van der Waals surface area contributed by atoms with Gasteiger partial charge in [0.05, 0.1) is 18.8 Å². The van der Waals surface area contributed by atoms with Crippen LogP contribution in [0.3, 0.4) is 0 Å². The highest BCUT2D eigenvalue weighted by atomic mass is 19.1. The van der Waals surface area contributed by atoms with Gasteiger partial charge in [0.15, 0.2) is 0 Å². The molecular weight excluding hydrogens is 169 g/mol. The fourth-order valence-corrected chi connectivity index (χ4v) is 1.66. The molecule has 1 aliphatic rings. The molecule has 2 nitrogen and oxygen atoms in total. The second kappa shape index (κ2) is 3.09. The van der Waals surface area contributed by atoms with Crippen molar-refractivity contribution in [3.8, 4) is 0 Å². The maximum Gasteiger partial charge on any atom is 0.123 e. The highest BCUT2D eigenvalue weighted by Crippen LogP contribution is 2.31. The first-order valence-corrected chi connectivity index (χ1v) is 4.35. The fourth-order valence-electron chi connectivity index (χ4n) is 1.66. The second-order valence-corrected chi connectivity index (χ2v) is 3.36. The second-order valence-electron chi connectivity index (χ2n) is 3.36. The Morgan fingerprint density at radius 2 is 2.23 bits per heavy atom. The van der Waals surface area contributed by atoms with Crippen LogP contribution in [-0.4, -0.2) is 6.61 Å². The van der Waals surface area contributed by atoms with E-state index in [1.165, 1.54) is 12.1 Å². The maximum atomic E-state index is 12.9. The molecule has 0 amide bonds. The highest BCUT2D eigenvalue weighted by molar-refractivity contribution is 5.33. The van der Waals surface area contributed by atoms with Crippen LogP contribution in [-0.2, 0) is 4.74 Å². The molecule has 2 atom stereocenters. The maximum absolute atomic E-state index is 12.9. The van der Waals surface area contributed by atoms with E-state index < -0.39 is 0 Å². The summed E-state index contributed by atoms with van der Waals surface area (Å²) in [5, 5.41) is 0. The van der Waals surface area contributed by atoms with Crippen LogP contribution in [0.5, 0.6) is 0 Å². The smallest absolute Gasteiger partial charge is 0.123 e. The molecule has 1 aliphatic heterocycles. The average molecular weight is 181 g/mol. The lowest BCUT2D eigenvalue weighted by atomic mass is 9.95. The Morgan fingerprint density at radius 3 is 3.00 bits per heavy atom. The molecule has 1 aromatic carbocycles. The summed E-state index contributed by atoms with van der Waals surface area (Å²) in [4.78, 5) is 0. The van der Waals surface area contributed by atoms with E-state index in [1.54, 1.807) is 6.07 Å². The topological polar surface area (TPSA) is 35.2 Å². The first kappa shape index (κ1) is 8.66. The third kappa shape index (κ3) is 1.45. The van der Waals surface area contributed by atoms with E-state index in [-0.39, 0.29) is 18.0 Å². The molecule has 0 fully saturated rings. The molecule has 0 spiro atoms. The van der Waals surface area contributed by atoms with Gasteiger partial charge in [0.25, 0.3) is 0 Å². The van der Waals surface area contributed by atoms with Crippen molar-refractivity contribution in [1.29, 1.82) is 0 Å². The van der Waals surface area contributed by atoms with E-state index in [9.17, 15) is 4.39 Å². The van der Waals surface area contributed by atoms with Gasteiger partial charge in [0.1, 0.15) is 5.82 Å². The SMILES string of the molecule is C[C@H]1OC[C@H](N)c2cc(F)ccc21. The average Bonchev–Trinajstić information content (AvgIpc) is 2.12. The third-order valence-electron chi connectivity index (χ3n) is 2.41. The van der Waals surface area contributed by atoms with Gasteiger partial charge in [-0.3, -0.25) is 0 Å². The summed E-state index contributed by atoms with van der Waals surface area (Å²) < 4.78 is 18.3. The van der Waals surface area contributed by atoms with Crippen LogP contribution in [0.1, 0.15) is 30.2 Å². The molecule has 1 heterocycles. The molecule has 0 unspecified atom stereocenters. The zero-order valence-electron chi connectivity index (χ0n) is 7.46. The van der Waals surface area contributed by atoms with Gasteiger partial charge in [-0.15, -0.1) is 0 Å². The standard InChI is InChI=1S/C10H12FNO/c1-6-8-3-2-7(11)4-9(8)10(12)5-13-6/h2-4,6,10H,5,12H2,1H3/t6-,10+/m1/s1. The van der Waals surface area contributed by atoms with Crippen LogP contribution in [0, 0.1) is 5.82 Å². The number of rotatable bonds is 0. The Bertz CT molecular complexity index is 327. The van der Waals surface area contributed by atoms with Crippen molar-refractivity contribution in [1.82, 2.24) is 0 Å². The lowest BCUT2D eigenvalue weighted by Gasteiger charge is -2.27. The molecule has 0 radical (unpaired) electrons. The molecular formula is C10H12FNO. The summed E-state index contributed by atoms with van der Waals surface area (Å²) in [7, 11) is 0. The normalized spacial score (nSPS) is 27.0. The molecule has 13 heavy (non-hydrogen) atoms. The van der Waals surface area contributed by atoms with Crippen LogP contribution in [0.4, 0.5) is 4.39 Å². The van der Waals surface area contributed by atoms with E-state index >= 15 is 0 Å². The minimum Gasteiger partial charge on any atom is -0.372 e. The summed E-state index contributed by atoms with van der Waals surface area (Å²) >= 11 is 0. The Balaban J connectivity index is 2.50. The zero-order valence-corrected chi connectivity index (χ0v) is 7.46. The van der Waals surface area contributed by atoms with E-state index in [0.717, 1.165) is 11.1 Å². The van der Waals surface area contributed by atoms with Crippen molar-refractivity contribution in [3.05, 3.63) is 35.1 Å². The lowest BCUT2D eigenvalue weighted by molar-refractivity contribution is 0.0406. The van der Waals surface area contributed by atoms with Gasteiger partial charge in [0, 0.05) is 0 Å². The summed E-state index contributed by atoms with van der Waals surface area (Å²) in [5.74, 6) is -0.233. The first-order chi connectivity index (χ1) is 6.18. The lowest BCUT2D eigenvalue weighted by Crippen LogP contribution is -2.25. The summed E-state index contributed by atoms with van der Waals surface area (Å²) in [6.45, 7) is 2.42. The highest BCUT2D eigenvalue weighted by Gasteiger charge is 2.22. The van der Waals surface area contributed by atoms with Crippen molar-refractivity contribution in [2.45, 2.75) is 19.1 Å². The number of fused-ring (bicyclic) bond motifs is 1. The Kier molecular flexibility index (Phi) is 2.06. The summed E-state index contributed by atoms with van der Waals surface area (Å²) in [5.41, 5.74) is 7.66. The minimum absolute atomic E-state index is 0.0235. The van der Waals surface area contributed by atoms with Crippen molar-refractivity contribution >= 4 is 0 Å². The van der Waals surface area contributed by atoms with Gasteiger partial charge in [-0.1, -0.05) is 6.07 Å². The van der Waals surface area contributed by atoms with E-state index in [2.05, 4.69) is 0 Å². The predicted molar refractivity (Wildman–Crippen MR) is 47.7 cm³/mol. The van der Waals surface area contributed by atoms with Gasteiger partial charge >= 0.3 is 0 Å². The number of halogens is 1. The molecule has 2 rings (SSSR count). The van der Waals surface area contributed by atoms with Crippen LogP contribution >= 0.6 is 0 Å². The van der Waals surface area contributed by atoms with Gasteiger partial charge in [-0.25, -0.2) is 4.39 Å².